The zero-order valence-corrected chi connectivity index (χ0v) is 34.0. The van der Waals surface area contributed by atoms with E-state index in [1.165, 1.54) is 12.1 Å². The van der Waals surface area contributed by atoms with Crippen LogP contribution in [0, 0.1) is 6.92 Å². The number of nitrogens with one attached hydrogen (secondary N) is 2. The van der Waals surface area contributed by atoms with Gasteiger partial charge in [0.2, 0.25) is 15.9 Å². The molecule has 2 heterocycles. The number of likely N-dealkylation sites (N-methyl/N-ethyl adjacent to an activating group) is 1. The van der Waals surface area contributed by atoms with E-state index in [9.17, 15) is 18.3 Å². The van der Waals surface area contributed by atoms with E-state index in [0.717, 1.165) is 46.5 Å². The summed E-state index contributed by atoms with van der Waals surface area (Å²) in [7, 11) is -1.95. The first-order chi connectivity index (χ1) is 28.6. The molecule has 59 heavy (non-hydrogen) atoms. The number of nitrogens with zero attached hydrogens (tertiary/aromatic N) is 2. The SMILES string of the molecule is Cc1ccc(S(=O)(=O)N[C@H](Cc2ccccc2)C(=O)Nc2cccc(C3O[C@H](CN(C)CCc4ccccn4)[C@@H](c4ccccc4)[C@H](c4ccc(CO)cc4)O3)c2)cc1. The van der Waals surface area contributed by atoms with Gasteiger partial charge >= 0.3 is 0 Å². The Kier molecular flexibility index (Phi) is 13.7. The van der Waals surface area contributed by atoms with Crippen molar-refractivity contribution in [1.82, 2.24) is 14.6 Å². The van der Waals surface area contributed by atoms with Crippen molar-refractivity contribution in [3.8, 4) is 0 Å². The molecule has 1 saturated heterocycles. The summed E-state index contributed by atoms with van der Waals surface area (Å²) in [4.78, 5) is 20.9. The van der Waals surface area contributed by atoms with Gasteiger partial charge in [-0.3, -0.25) is 9.78 Å². The average molecular weight is 811 g/mol. The van der Waals surface area contributed by atoms with Crippen LogP contribution in [0.4, 0.5) is 5.69 Å². The molecule has 1 fully saturated rings. The van der Waals surface area contributed by atoms with Crippen LogP contribution in [0.1, 0.15) is 57.4 Å². The molecule has 0 radical (unpaired) electrons. The van der Waals surface area contributed by atoms with E-state index in [0.29, 0.717) is 17.8 Å². The standard InChI is InChI=1S/C48H50N4O6S/c1-34-19-25-42(26-20-34)59(55,56)51-43(30-35-12-5-3-6-13-35)47(54)50-41-18-11-16-39(31-41)48-57-44(32-52(2)29-27-40-17-9-10-28-49-40)45(37-14-7-4-8-15-37)46(58-48)38-23-21-36(33-53)22-24-38/h3-26,28,31,43-46,48,51,53H,27,29-30,32-33H2,1-2H3,(H,50,54)/t43-,44-,45-,46+,48?/m1/s1. The number of sulfonamides is 1. The third kappa shape index (κ3) is 11.0. The van der Waals surface area contributed by atoms with Gasteiger partial charge in [-0.2, -0.15) is 4.72 Å². The minimum atomic E-state index is -4.03. The van der Waals surface area contributed by atoms with E-state index in [1.54, 1.807) is 18.2 Å². The predicted molar refractivity (Wildman–Crippen MR) is 229 cm³/mol. The molecule has 1 unspecified atom stereocenters. The number of rotatable bonds is 16. The summed E-state index contributed by atoms with van der Waals surface area (Å²) < 4.78 is 43.6. The van der Waals surface area contributed by atoms with Gasteiger partial charge < -0.3 is 24.8 Å². The lowest BCUT2D eigenvalue weighted by Gasteiger charge is -2.44. The molecule has 1 aromatic heterocycles. The molecule has 5 atom stereocenters. The van der Waals surface area contributed by atoms with E-state index in [2.05, 4.69) is 39.1 Å². The topological polar surface area (TPSA) is 130 Å². The smallest absolute Gasteiger partial charge is 0.242 e. The first kappa shape index (κ1) is 41.6. The summed E-state index contributed by atoms with van der Waals surface area (Å²) in [5.74, 6) is -0.696. The van der Waals surface area contributed by atoms with Gasteiger partial charge in [-0.15, -0.1) is 0 Å². The quantitative estimate of drug-likeness (QED) is 0.0916. The Morgan fingerprint density at radius 1 is 0.780 bits per heavy atom. The number of aliphatic hydroxyl groups excluding tert-OH is 1. The van der Waals surface area contributed by atoms with E-state index < -0.39 is 34.4 Å². The monoisotopic (exact) mass is 810 g/mol. The molecule has 10 nitrogen and oxygen atoms in total. The lowest BCUT2D eigenvalue weighted by Crippen LogP contribution is -2.45. The van der Waals surface area contributed by atoms with E-state index in [1.807, 2.05) is 122 Å². The van der Waals surface area contributed by atoms with Crippen molar-refractivity contribution in [2.45, 2.75) is 61.7 Å². The zero-order chi connectivity index (χ0) is 41.2. The summed E-state index contributed by atoms with van der Waals surface area (Å²) in [5, 5.41) is 12.8. The molecule has 0 spiro atoms. The molecular weight excluding hydrogens is 761 g/mol. The number of aryl methyl sites for hydroxylation is 1. The van der Waals surface area contributed by atoms with Gasteiger partial charge in [0.05, 0.1) is 23.7 Å². The number of anilines is 1. The number of aromatic nitrogens is 1. The molecule has 6 aromatic rings. The fourth-order valence-electron chi connectivity index (χ4n) is 7.42. The van der Waals surface area contributed by atoms with Crippen LogP contribution < -0.4 is 10.0 Å². The molecule has 1 amide bonds. The number of carbonyl (C=O) groups excluding carboxylic acids is 1. The fraction of sp³-hybridized carbons (Fsp3) is 0.250. The number of ether oxygens (including phenoxy) is 2. The first-order valence-corrected chi connectivity index (χ1v) is 21.3. The number of hydrogen-bond donors (Lipinski definition) is 3. The molecule has 0 saturated carbocycles. The van der Waals surface area contributed by atoms with Crippen LogP contribution >= 0.6 is 0 Å². The van der Waals surface area contributed by atoms with Gasteiger partial charge in [-0.05, 0) is 79.0 Å². The van der Waals surface area contributed by atoms with Gasteiger partial charge in [0.1, 0.15) is 6.04 Å². The van der Waals surface area contributed by atoms with Gasteiger partial charge in [-0.1, -0.05) is 121 Å². The Bertz CT molecular complexity index is 2370. The number of benzene rings is 5. The van der Waals surface area contributed by atoms with E-state index >= 15 is 0 Å². The van der Waals surface area contributed by atoms with Crippen molar-refractivity contribution < 1.29 is 27.8 Å². The van der Waals surface area contributed by atoms with Crippen molar-refractivity contribution in [2.24, 2.45) is 0 Å². The largest absolute Gasteiger partial charge is 0.392 e. The highest BCUT2D eigenvalue weighted by Gasteiger charge is 2.42. The normalized spacial score (nSPS) is 18.6. The van der Waals surface area contributed by atoms with Crippen molar-refractivity contribution in [3.05, 3.63) is 197 Å². The second kappa shape index (κ2) is 19.5. The molecule has 304 valence electrons. The van der Waals surface area contributed by atoms with Gasteiger partial charge in [0.25, 0.3) is 0 Å². The minimum Gasteiger partial charge on any atom is -0.392 e. The third-order valence-electron chi connectivity index (χ3n) is 10.6. The van der Waals surface area contributed by atoms with Gasteiger partial charge in [-0.25, -0.2) is 8.42 Å². The first-order valence-electron chi connectivity index (χ1n) is 19.8. The van der Waals surface area contributed by atoms with E-state index in [4.69, 9.17) is 9.47 Å². The number of pyridine rings is 1. The second-order valence-corrected chi connectivity index (χ2v) is 16.7. The van der Waals surface area contributed by atoms with Crippen molar-refractivity contribution in [1.29, 1.82) is 0 Å². The maximum atomic E-state index is 14.1. The van der Waals surface area contributed by atoms with Crippen LogP contribution in [0.25, 0.3) is 0 Å². The van der Waals surface area contributed by atoms with Crippen LogP contribution in [0.15, 0.2) is 163 Å². The third-order valence-corrected chi connectivity index (χ3v) is 12.1. The highest BCUT2D eigenvalue weighted by molar-refractivity contribution is 7.89. The lowest BCUT2D eigenvalue weighted by molar-refractivity contribution is -0.263. The highest BCUT2D eigenvalue weighted by Crippen LogP contribution is 2.47. The molecule has 1 aliphatic rings. The maximum absolute atomic E-state index is 14.1. The van der Waals surface area contributed by atoms with Crippen molar-refractivity contribution in [2.75, 3.05) is 25.5 Å². The molecule has 5 aromatic carbocycles. The summed E-state index contributed by atoms with van der Waals surface area (Å²) in [6.07, 6.45) is 1.16. The number of hydrogen-bond acceptors (Lipinski definition) is 8. The van der Waals surface area contributed by atoms with Crippen LogP contribution in [-0.2, 0) is 43.7 Å². The maximum Gasteiger partial charge on any atom is 0.242 e. The fourth-order valence-corrected chi connectivity index (χ4v) is 8.61. The average Bonchev–Trinajstić information content (AvgIpc) is 3.26. The van der Waals surface area contributed by atoms with Gasteiger partial charge in [0.15, 0.2) is 6.29 Å². The number of amides is 1. The summed E-state index contributed by atoms with van der Waals surface area (Å²) in [5.41, 5.74) is 6.71. The summed E-state index contributed by atoms with van der Waals surface area (Å²) >= 11 is 0. The predicted octanol–water partition coefficient (Wildman–Crippen LogP) is 7.52. The summed E-state index contributed by atoms with van der Waals surface area (Å²) in [6.45, 7) is 3.17. The molecule has 1 aliphatic heterocycles. The van der Waals surface area contributed by atoms with Crippen LogP contribution in [0.2, 0.25) is 0 Å². The molecule has 7 rings (SSSR count). The molecule has 3 N–H and O–H groups in total. The Balaban J connectivity index is 1.17. The van der Waals surface area contributed by atoms with Crippen LogP contribution in [0.5, 0.6) is 0 Å². The molecule has 0 bridgehead atoms. The van der Waals surface area contributed by atoms with Crippen LogP contribution in [0.3, 0.4) is 0 Å². The van der Waals surface area contributed by atoms with Crippen molar-refractivity contribution >= 4 is 21.6 Å². The molecule has 11 heteroatoms. The second-order valence-electron chi connectivity index (χ2n) is 15.0. The zero-order valence-electron chi connectivity index (χ0n) is 33.2. The Morgan fingerprint density at radius 3 is 2.17 bits per heavy atom. The minimum absolute atomic E-state index is 0.0680. The highest BCUT2D eigenvalue weighted by atomic mass is 32.2. The molecular formula is C48H50N4O6S. The number of carbonyl (C=O) groups is 1. The Hall–Kier alpha value is -5.53. The van der Waals surface area contributed by atoms with E-state index in [-0.39, 0.29) is 29.9 Å². The van der Waals surface area contributed by atoms with Crippen LogP contribution in [-0.4, -0.2) is 61.6 Å². The Morgan fingerprint density at radius 2 is 1.47 bits per heavy atom. The summed E-state index contributed by atoms with van der Waals surface area (Å²) in [6, 6.07) is 46.0. The van der Waals surface area contributed by atoms with Gasteiger partial charge in [0, 0.05) is 48.6 Å². The van der Waals surface area contributed by atoms with Crippen molar-refractivity contribution in [3.63, 3.8) is 0 Å². The number of aliphatic hydroxyl groups is 1. The molecule has 0 aliphatic carbocycles. The Labute approximate surface area is 346 Å². The lowest BCUT2D eigenvalue weighted by atomic mass is 9.83.